The van der Waals surface area contributed by atoms with Gasteiger partial charge >= 0.3 is 6.09 Å². The Hall–Kier alpha value is -1.30. The van der Waals surface area contributed by atoms with Gasteiger partial charge in [-0.2, -0.15) is 0 Å². The minimum Gasteiger partial charge on any atom is -0.444 e. The van der Waals surface area contributed by atoms with Gasteiger partial charge in [0.05, 0.1) is 5.92 Å². The summed E-state index contributed by atoms with van der Waals surface area (Å²) in [6.45, 7) is 9.58. The van der Waals surface area contributed by atoms with Gasteiger partial charge in [-0.15, -0.1) is 0 Å². The predicted molar refractivity (Wildman–Crippen MR) is 87.1 cm³/mol. The molecule has 2 aliphatic rings. The largest absolute Gasteiger partial charge is 0.444 e. The van der Waals surface area contributed by atoms with Gasteiger partial charge in [0.1, 0.15) is 5.60 Å². The van der Waals surface area contributed by atoms with E-state index in [1.54, 1.807) is 4.90 Å². The van der Waals surface area contributed by atoms with Crippen molar-refractivity contribution < 1.29 is 19.1 Å². The molecule has 0 spiro atoms. The highest BCUT2D eigenvalue weighted by Crippen LogP contribution is 2.29. The Morgan fingerprint density at radius 2 is 1.87 bits per heavy atom. The van der Waals surface area contributed by atoms with Crippen molar-refractivity contribution in [2.75, 3.05) is 19.8 Å². The van der Waals surface area contributed by atoms with Crippen molar-refractivity contribution in [2.45, 2.75) is 71.1 Å². The number of hydrogen-bond donors (Lipinski definition) is 1. The maximum atomic E-state index is 12.6. The lowest BCUT2D eigenvalue weighted by Crippen LogP contribution is -2.47. The van der Waals surface area contributed by atoms with Gasteiger partial charge in [-0.3, -0.25) is 4.79 Å². The highest BCUT2D eigenvalue weighted by molar-refractivity contribution is 5.81. The normalized spacial score (nSPS) is 26.2. The predicted octanol–water partition coefficient (Wildman–Crippen LogP) is 2.32. The van der Waals surface area contributed by atoms with Crippen LogP contribution in [0.1, 0.15) is 53.4 Å². The van der Waals surface area contributed by atoms with Gasteiger partial charge in [-0.05, 0) is 46.5 Å². The molecule has 6 heteroatoms. The van der Waals surface area contributed by atoms with Crippen LogP contribution in [0.2, 0.25) is 0 Å². The number of nitrogens with one attached hydrogen (secondary N) is 1. The standard InChI is InChI=1S/C17H30N2O4/c1-5-14-13(15(20)18-12-7-10-22-11-8-12)6-9-19(14)16(21)23-17(2,3)4/h12-14H,5-11H2,1-4H3,(H,18,20)/t13-,14+/m1/s1. The van der Waals surface area contributed by atoms with E-state index in [2.05, 4.69) is 5.32 Å². The summed E-state index contributed by atoms with van der Waals surface area (Å²) in [6, 6.07) is 0.119. The van der Waals surface area contributed by atoms with Crippen molar-refractivity contribution in [3.05, 3.63) is 0 Å². The van der Waals surface area contributed by atoms with E-state index >= 15 is 0 Å². The fourth-order valence-corrected chi connectivity index (χ4v) is 3.36. The van der Waals surface area contributed by atoms with E-state index in [-0.39, 0.29) is 30.0 Å². The van der Waals surface area contributed by atoms with Crippen LogP contribution in [0.25, 0.3) is 0 Å². The lowest BCUT2D eigenvalue weighted by Gasteiger charge is -2.30. The molecule has 6 nitrogen and oxygen atoms in total. The van der Waals surface area contributed by atoms with Gasteiger partial charge in [-0.25, -0.2) is 4.79 Å². The lowest BCUT2D eigenvalue weighted by atomic mass is 9.96. The smallest absolute Gasteiger partial charge is 0.410 e. The second kappa shape index (κ2) is 7.51. The van der Waals surface area contributed by atoms with Crippen LogP contribution in [0.5, 0.6) is 0 Å². The van der Waals surface area contributed by atoms with Gasteiger partial charge in [0, 0.05) is 31.8 Å². The summed E-state index contributed by atoms with van der Waals surface area (Å²) in [7, 11) is 0. The molecule has 2 amide bonds. The van der Waals surface area contributed by atoms with E-state index in [9.17, 15) is 9.59 Å². The first kappa shape index (κ1) is 18.0. The van der Waals surface area contributed by atoms with Crippen molar-refractivity contribution in [1.29, 1.82) is 0 Å². The van der Waals surface area contributed by atoms with E-state index in [1.807, 2.05) is 27.7 Å². The second-order valence-corrected chi connectivity index (χ2v) is 7.44. The molecule has 0 radical (unpaired) electrons. The maximum Gasteiger partial charge on any atom is 0.410 e. The molecular weight excluding hydrogens is 296 g/mol. The summed E-state index contributed by atoms with van der Waals surface area (Å²) < 4.78 is 10.8. The van der Waals surface area contributed by atoms with E-state index in [0.717, 1.165) is 19.3 Å². The average Bonchev–Trinajstić information content (AvgIpc) is 2.90. The topological polar surface area (TPSA) is 67.9 Å². The zero-order valence-electron chi connectivity index (χ0n) is 14.8. The third kappa shape index (κ3) is 4.83. The average molecular weight is 326 g/mol. The molecule has 0 aromatic rings. The maximum absolute atomic E-state index is 12.6. The minimum atomic E-state index is -0.516. The van der Waals surface area contributed by atoms with Gasteiger partial charge in [0.25, 0.3) is 0 Å². The van der Waals surface area contributed by atoms with E-state index in [4.69, 9.17) is 9.47 Å². The van der Waals surface area contributed by atoms with Crippen LogP contribution in [0.4, 0.5) is 4.79 Å². The molecule has 2 saturated heterocycles. The first-order chi connectivity index (χ1) is 10.8. The monoisotopic (exact) mass is 326 g/mol. The Kier molecular flexibility index (Phi) is 5.89. The number of ether oxygens (including phenoxy) is 2. The number of likely N-dealkylation sites (tertiary alicyclic amines) is 1. The van der Waals surface area contributed by atoms with Crippen molar-refractivity contribution in [1.82, 2.24) is 10.2 Å². The van der Waals surface area contributed by atoms with Crippen molar-refractivity contribution >= 4 is 12.0 Å². The Labute approximate surface area is 138 Å². The molecule has 132 valence electrons. The zero-order chi connectivity index (χ0) is 17.0. The van der Waals surface area contributed by atoms with Crippen LogP contribution >= 0.6 is 0 Å². The number of carbonyl (C=O) groups is 2. The Morgan fingerprint density at radius 3 is 2.43 bits per heavy atom. The van der Waals surface area contributed by atoms with Crippen LogP contribution < -0.4 is 5.32 Å². The van der Waals surface area contributed by atoms with Crippen molar-refractivity contribution in [3.63, 3.8) is 0 Å². The molecule has 2 fully saturated rings. The Balaban J connectivity index is 1.95. The van der Waals surface area contributed by atoms with Gasteiger partial charge in [0.15, 0.2) is 0 Å². The van der Waals surface area contributed by atoms with Gasteiger partial charge < -0.3 is 19.7 Å². The third-order valence-electron chi connectivity index (χ3n) is 4.50. The zero-order valence-corrected chi connectivity index (χ0v) is 14.8. The van der Waals surface area contributed by atoms with E-state index < -0.39 is 5.60 Å². The van der Waals surface area contributed by atoms with Crippen molar-refractivity contribution in [3.8, 4) is 0 Å². The third-order valence-corrected chi connectivity index (χ3v) is 4.50. The second-order valence-electron chi connectivity index (χ2n) is 7.44. The molecular formula is C17H30N2O4. The van der Waals surface area contributed by atoms with E-state index in [1.165, 1.54) is 0 Å². The molecule has 0 aromatic carbocycles. The molecule has 2 atom stereocenters. The summed E-state index contributed by atoms with van der Waals surface area (Å²) in [5.74, 6) is -0.0785. The van der Waals surface area contributed by atoms with Gasteiger partial charge in [-0.1, -0.05) is 6.92 Å². The molecule has 2 aliphatic heterocycles. The summed E-state index contributed by atoms with van der Waals surface area (Å²) in [5, 5.41) is 3.14. The highest BCUT2D eigenvalue weighted by atomic mass is 16.6. The van der Waals surface area contributed by atoms with Crippen LogP contribution in [0.3, 0.4) is 0 Å². The minimum absolute atomic E-state index is 0.0646. The molecule has 0 bridgehead atoms. The molecule has 0 aromatic heterocycles. The SMILES string of the molecule is CC[C@H]1[C@H](C(=O)NC2CCOCC2)CCN1C(=O)OC(C)(C)C. The summed E-state index contributed by atoms with van der Waals surface area (Å²) in [6.07, 6.45) is 2.87. The number of hydrogen-bond acceptors (Lipinski definition) is 4. The summed E-state index contributed by atoms with van der Waals surface area (Å²) in [4.78, 5) is 26.7. The number of rotatable bonds is 3. The molecule has 2 rings (SSSR count). The van der Waals surface area contributed by atoms with Crippen LogP contribution in [-0.4, -0.2) is 54.3 Å². The van der Waals surface area contributed by atoms with Crippen LogP contribution in [0, 0.1) is 5.92 Å². The molecule has 1 N–H and O–H groups in total. The Bertz CT molecular complexity index is 427. The van der Waals surface area contributed by atoms with Crippen LogP contribution in [0.15, 0.2) is 0 Å². The quantitative estimate of drug-likeness (QED) is 0.864. The highest BCUT2D eigenvalue weighted by Gasteiger charge is 2.41. The van der Waals surface area contributed by atoms with Crippen molar-refractivity contribution in [2.24, 2.45) is 5.92 Å². The first-order valence-corrected chi connectivity index (χ1v) is 8.69. The van der Waals surface area contributed by atoms with Crippen LogP contribution in [-0.2, 0) is 14.3 Å². The lowest BCUT2D eigenvalue weighted by molar-refractivity contribution is -0.127. The first-order valence-electron chi connectivity index (χ1n) is 8.69. The fraction of sp³-hybridized carbons (Fsp3) is 0.882. The number of amides is 2. The molecule has 0 saturated carbocycles. The fourth-order valence-electron chi connectivity index (χ4n) is 3.36. The molecule has 23 heavy (non-hydrogen) atoms. The summed E-state index contributed by atoms with van der Waals surface area (Å²) in [5.41, 5.74) is -0.516. The molecule has 0 aliphatic carbocycles. The Morgan fingerprint density at radius 1 is 1.22 bits per heavy atom. The molecule has 2 heterocycles. The number of nitrogens with zero attached hydrogens (tertiary/aromatic N) is 1. The number of carbonyl (C=O) groups excluding carboxylic acids is 2. The summed E-state index contributed by atoms with van der Waals surface area (Å²) >= 11 is 0. The van der Waals surface area contributed by atoms with Gasteiger partial charge in [0.2, 0.25) is 5.91 Å². The van der Waals surface area contributed by atoms with E-state index in [0.29, 0.717) is 26.2 Å². The molecule has 0 unspecified atom stereocenters.